The van der Waals surface area contributed by atoms with E-state index in [-0.39, 0.29) is 11.9 Å². The van der Waals surface area contributed by atoms with Crippen LogP contribution in [0.2, 0.25) is 0 Å². The predicted octanol–water partition coefficient (Wildman–Crippen LogP) is 1.53. The van der Waals surface area contributed by atoms with Gasteiger partial charge in [-0.05, 0) is 12.0 Å². The molecule has 1 saturated heterocycles. The highest BCUT2D eigenvalue weighted by Crippen LogP contribution is 2.22. The number of rotatable bonds is 6. The summed E-state index contributed by atoms with van der Waals surface area (Å²) in [5.41, 5.74) is 0.788. The highest BCUT2D eigenvalue weighted by Gasteiger charge is 2.32. The predicted molar refractivity (Wildman–Crippen MR) is 96.0 cm³/mol. The van der Waals surface area contributed by atoms with Gasteiger partial charge < -0.3 is 9.64 Å². The first-order valence-corrected chi connectivity index (χ1v) is 9.73. The Balaban J connectivity index is 1.62. The van der Waals surface area contributed by atoms with Crippen LogP contribution >= 0.6 is 0 Å². The molecule has 0 bridgehead atoms. The van der Waals surface area contributed by atoms with Gasteiger partial charge in [0.15, 0.2) is 5.82 Å². The lowest BCUT2D eigenvalue weighted by Crippen LogP contribution is -2.32. The molecule has 0 radical (unpaired) electrons. The Bertz CT molecular complexity index is 812. The molecule has 25 heavy (non-hydrogen) atoms. The van der Waals surface area contributed by atoms with Crippen LogP contribution in [0.3, 0.4) is 0 Å². The largest absolute Gasteiger partial charge is 0.472 e. The molecular formula is C17H22N4O3S. The monoisotopic (exact) mass is 362 g/mol. The van der Waals surface area contributed by atoms with Gasteiger partial charge in [-0.3, -0.25) is 4.98 Å². The summed E-state index contributed by atoms with van der Waals surface area (Å²) in [6.07, 6.45) is 3.63. The Hall–Kier alpha value is -2.19. The van der Waals surface area contributed by atoms with E-state index < -0.39 is 10.0 Å². The number of ether oxygens (including phenoxy) is 1. The van der Waals surface area contributed by atoms with E-state index in [1.807, 2.05) is 49.3 Å². The van der Waals surface area contributed by atoms with Crippen LogP contribution < -0.4 is 9.64 Å². The van der Waals surface area contributed by atoms with Gasteiger partial charge in [-0.1, -0.05) is 30.3 Å². The van der Waals surface area contributed by atoms with Gasteiger partial charge in [-0.15, -0.1) is 0 Å². The molecule has 2 heterocycles. The summed E-state index contributed by atoms with van der Waals surface area (Å²) in [7, 11) is 0.402. The fourth-order valence-corrected chi connectivity index (χ4v) is 4.28. The fraction of sp³-hybridized carbons (Fsp3) is 0.412. The minimum absolute atomic E-state index is 0.0104. The fourth-order valence-electron chi connectivity index (χ4n) is 2.70. The molecule has 3 rings (SSSR count). The first-order valence-electron chi connectivity index (χ1n) is 8.12. The van der Waals surface area contributed by atoms with Crippen molar-refractivity contribution in [1.82, 2.24) is 14.3 Å². The van der Waals surface area contributed by atoms with E-state index >= 15 is 0 Å². The molecule has 1 aliphatic heterocycles. The third-order valence-corrected chi connectivity index (χ3v) is 5.85. The van der Waals surface area contributed by atoms with Gasteiger partial charge in [0.25, 0.3) is 0 Å². The maximum absolute atomic E-state index is 12.6. The highest BCUT2D eigenvalue weighted by molar-refractivity contribution is 7.88. The number of hydrogen-bond acceptors (Lipinski definition) is 6. The van der Waals surface area contributed by atoms with E-state index in [4.69, 9.17) is 4.74 Å². The van der Waals surface area contributed by atoms with Gasteiger partial charge in [0.2, 0.25) is 15.9 Å². The van der Waals surface area contributed by atoms with E-state index in [1.165, 1.54) is 4.31 Å². The molecule has 0 N–H and O–H groups in total. The Labute approximate surface area is 148 Å². The molecule has 0 aliphatic carbocycles. The molecule has 1 atom stereocenters. The lowest BCUT2D eigenvalue weighted by molar-refractivity contribution is 0.206. The van der Waals surface area contributed by atoms with Crippen molar-refractivity contribution in [3.8, 4) is 5.88 Å². The summed E-state index contributed by atoms with van der Waals surface area (Å²) in [6.45, 7) is 0.795. The van der Waals surface area contributed by atoms with E-state index in [2.05, 4.69) is 9.97 Å². The van der Waals surface area contributed by atoms with Crippen LogP contribution in [-0.2, 0) is 15.8 Å². The van der Waals surface area contributed by atoms with Gasteiger partial charge in [0.1, 0.15) is 6.10 Å². The van der Waals surface area contributed by atoms with Crippen LogP contribution in [0, 0.1) is 0 Å². The Kier molecular flexibility index (Phi) is 5.19. The first kappa shape index (κ1) is 17.6. The first-order chi connectivity index (χ1) is 11.9. The zero-order valence-electron chi connectivity index (χ0n) is 14.4. The minimum atomic E-state index is -3.35. The van der Waals surface area contributed by atoms with Gasteiger partial charge in [-0.25, -0.2) is 8.42 Å². The SMILES string of the molecule is CN(C)c1cncc(OC2CCN(S(=O)(=O)Cc3ccccc3)C2)n1. The lowest BCUT2D eigenvalue weighted by atomic mass is 10.2. The molecule has 1 aromatic carbocycles. The normalized spacial score (nSPS) is 18.2. The van der Waals surface area contributed by atoms with Crippen molar-refractivity contribution in [2.45, 2.75) is 18.3 Å². The Morgan fingerprint density at radius 2 is 2.00 bits per heavy atom. The smallest absolute Gasteiger partial charge is 0.234 e. The van der Waals surface area contributed by atoms with E-state index in [1.54, 1.807) is 12.4 Å². The van der Waals surface area contributed by atoms with Crippen LogP contribution in [0.4, 0.5) is 5.82 Å². The molecule has 1 aliphatic rings. The number of sulfonamides is 1. The lowest BCUT2D eigenvalue weighted by Gasteiger charge is -2.17. The van der Waals surface area contributed by atoms with Crippen molar-refractivity contribution in [2.75, 3.05) is 32.1 Å². The van der Waals surface area contributed by atoms with Crippen molar-refractivity contribution in [2.24, 2.45) is 0 Å². The van der Waals surface area contributed by atoms with Crippen molar-refractivity contribution in [1.29, 1.82) is 0 Å². The van der Waals surface area contributed by atoms with Crippen molar-refractivity contribution in [3.63, 3.8) is 0 Å². The summed E-state index contributed by atoms with van der Waals surface area (Å²) >= 11 is 0. The molecule has 134 valence electrons. The van der Waals surface area contributed by atoms with Gasteiger partial charge >= 0.3 is 0 Å². The summed E-state index contributed by atoms with van der Waals surface area (Å²) in [5, 5.41) is 0. The zero-order valence-corrected chi connectivity index (χ0v) is 15.2. The second-order valence-electron chi connectivity index (χ2n) is 6.24. The summed E-state index contributed by atoms with van der Waals surface area (Å²) < 4.78 is 32.5. The third kappa shape index (κ3) is 4.46. The van der Waals surface area contributed by atoms with Crippen LogP contribution in [0.5, 0.6) is 5.88 Å². The van der Waals surface area contributed by atoms with Crippen LogP contribution in [0.15, 0.2) is 42.7 Å². The molecule has 1 fully saturated rings. The maximum atomic E-state index is 12.6. The molecule has 1 unspecified atom stereocenters. The minimum Gasteiger partial charge on any atom is -0.472 e. The molecule has 0 amide bonds. The maximum Gasteiger partial charge on any atom is 0.234 e. The highest BCUT2D eigenvalue weighted by atomic mass is 32.2. The molecule has 2 aromatic rings. The average Bonchev–Trinajstić information content (AvgIpc) is 3.05. The number of aromatic nitrogens is 2. The second kappa shape index (κ2) is 7.37. The number of benzene rings is 1. The van der Waals surface area contributed by atoms with Gasteiger partial charge in [0.05, 0.1) is 24.7 Å². The van der Waals surface area contributed by atoms with Crippen LogP contribution in [0.1, 0.15) is 12.0 Å². The van der Waals surface area contributed by atoms with Gasteiger partial charge in [0, 0.05) is 20.6 Å². The van der Waals surface area contributed by atoms with Crippen molar-refractivity contribution < 1.29 is 13.2 Å². The Morgan fingerprint density at radius 1 is 1.24 bits per heavy atom. The van der Waals surface area contributed by atoms with Crippen molar-refractivity contribution in [3.05, 3.63) is 48.3 Å². The molecule has 0 saturated carbocycles. The van der Waals surface area contributed by atoms with Crippen molar-refractivity contribution >= 4 is 15.8 Å². The number of hydrogen-bond donors (Lipinski definition) is 0. The van der Waals surface area contributed by atoms with Crippen LogP contribution in [-0.4, -0.2) is 56.0 Å². The summed E-state index contributed by atoms with van der Waals surface area (Å²) in [5.74, 6) is 1.12. The molecule has 0 spiro atoms. The summed E-state index contributed by atoms with van der Waals surface area (Å²) in [4.78, 5) is 10.3. The third-order valence-electron chi connectivity index (χ3n) is 4.04. The summed E-state index contributed by atoms with van der Waals surface area (Å²) in [6, 6.07) is 9.21. The quantitative estimate of drug-likeness (QED) is 0.776. The standard InChI is InChI=1S/C17H22N4O3S/c1-20(2)16-10-18-11-17(19-16)24-15-8-9-21(12-15)25(22,23)13-14-6-4-3-5-7-14/h3-7,10-11,15H,8-9,12-13H2,1-2H3. The van der Waals surface area contributed by atoms with E-state index in [0.717, 1.165) is 5.56 Å². The number of anilines is 1. The molecule has 8 heteroatoms. The zero-order chi connectivity index (χ0) is 17.9. The topological polar surface area (TPSA) is 75.6 Å². The van der Waals surface area contributed by atoms with Gasteiger partial charge in [-0.2, -0.15) is 9.29 Å². The Morgan fingerprint density at radius 3 is 2.72 bits per heavy atom. The molecule has 1 aromatic heterocycles. The second-order valence-corrected chi connectivity index (χ2v) is 8.21. The van der Waals surface area contributed by atoms with E-state index in [9.17, 15) is 8.42 Å². The van der Waals surface area contributed by atoms with E-state index in [0.29, 0.717) is 31.2 Å². The molecule has 7 nitrogen and oxygen atoms in total. The number of nitrogens with zero attached hydrogens (tertiary/aromatic N) is 4. The average molecular weight is 362 g/mol. The van der Waals surface area contributed by atoms with Crippen LogP contribution in [0.25, 0.3) is 0 Å². The molecular weight excluding hydrogens is 340 g/mol.